The molecule has 0 aliphatic rings. The fourth-order valence-electron chi connectivity index (χ4n) is 0.842. The number of nitrogens with zero attached hydrogens (tertiary/aromatic N) is 5. The van der Waals surface area contributed by atoms with Gasteiger partial charge in [0.05, 0.1) is 0 Å². The van der Waals surface area contributed by atoms with Crippen molar-refractivity contribution in [3.63, 3.8) is 0 Å². The Balaban J connectivity index is 2.67. The highest BCUT2D eigenvalue weighted by Gasteiger charge is 2.05. The number of nitrogens with two attached hydrogens (primary N) is 1. The van der Waals surface area contributed by atoms with Crippen molar-refractivity contribution in [2.75, 3.05) is 25.0 Å². The van der Waals surface area contributed by atoms with Crippen LogP contribution in [-0.4, -0.2) is 40.3 Å². The second kappa shape index (κ2) is 3.29. The first-order valence-corrected chi connectivity index (χ1v) is 3.39. The summed E-state index contributed by atoms with van der Waals surface area (Å²) in [6.45, 7) is 1.36. The normalized spacial score (nSPS) is 10.1. The van der Waals surface area contributed by atoms with Crippen molar-refractivity contribution in [2.45, 2.75) is 0 Å². The summed E-state index contributed by atoms with van der Waals surface area (Å²) in [7, 11) is 3.70. The number of anilines is 1. The molecule has 6 heteroatoms. The van der Waals surface area contributed by atoms with Crippen LogP contribution in [0, 0.1) is 0 Å². The van der Waals surface area contributed by atoms with Crippen LogP contribution in [0.3, 0.4) is 0 Å². The van der Waals surface area contributed by atoms with Gasteiger partial charge < -0.3 is 10.6 Å². The summed E-state index contributed by atoms with van der Waals surface area (Å²) in [5.74, 6) is 0.732. The van der Waals surface area contributed by atoms with Crippen LogP contribution in [0.25, 0.3) is 0 Å². The molecule has 0 radical (unpaired) electrons. The molecular formula is C5H12N6. The van der Waals surface area contributed by atoms with Gasteiger partial charge in [-0.2, -0.15) is 0 Å². The van der Waals surface area contributed by atoms with Crippen LogP contribution in [0.15, 0.2) is 0 Å². The summed E-state index contributed by atoms with van der Waals surface area (Å²) in [6.07, 6.45) is 0. The molecule has 1 heterocycles. The number of likely N-dealkylation sites (N-methyl/N-ethyl adjacent to an activating group) is 1. The van der Waals surface area contributed by atoms with Crippen LogP contribution in [-0.2, 0) is 7.05 Å². The van der Waals surface area contributed by atoms with Gasteiger partial charge in [0.15, 0.2) is 0 Å². The Bertz CT molecular complexity index is 219. The fourth-order valence-corrected chi connectivity index (χ4v) is 0.842. The molecule has 1 aromatic heterocycles. The molecule has 11 heavy (non-hydrogen) atoms. The van der Waals surface area contributed by atoms with E-state index in [0.29, 0.717) is 6.54 Å². The molecule has 1 aromatic rings. The van der Waals surface area contributed by atoms with E-state index in [0.717, 1.165) is 12.5 Å². The highest BCUT2D eigenvalue weighted by Crippen LogP contribution is 2.01. The predicted octanol–water partition coefficient (Wildman–Crippen LogP) is -1.39. The largest absolute Gasteiger partial charge is 0.341 e. The number of tetrazole rings is 1. The van der Waals surface area contributed by atoms with Crippen molar-refractivity contribution >= 4 is 5.95 Å². The summed E-state index contributed by atoms with van der Waals surface area (Å²) in [6, 6.07) is 0. The molecule has 0 aromatic carbocycles. The van der Waals surface area contributed by atoms with Crippen molar-refractivity contribution in [3.8, 4) is 0 Å². The molecule has 0 aliphatic carbocycles. The number of rotatable bonds is 3. The Labute approximate surface area is 65.0 Å². The van der Waals surface area contributed by atoms with Gasteiger partial charge in [0.2, 0.25) is 5.95 Å². The van der Waals surface area contributed by atoms with Gasteiger partial charge in [0.25, 0.3) is 0 Å². The Hall–Kier alpha value is -1.17. The second-order valence-corrected chi connectivity index (χ2v) is 2.31. The first-order valence-electron chi connectivity index (χ1n) is 3.39. The van der Waals surface area contributed by atoms with Crippen LogP contribution in [0.2, 0.25) is 0 Å². The topological polar surface area (TPSA) is 72.9 Å². The van der Waals surface area contributed by atoms with Crippen molar-refractivity contribution in [1.82, 2.24) is 20.2 Å². The highest BCUT2D eigenvalue weighted by molar-refractivity contribution is 5.25. The monoisotopic (exact) mass is 156 g/mol. The number of aromatic nitrogens is 4. The molecule has 0 aliphatic heterocycles. The number of hydrogen-bond acceptors (Lipinski definition) is 5. The van der Waals surface area contributed by atoms with Crippen LogP contribution in [0.5, 0.6) is 0 Å². The van der Waals surface area contributed by atoms with Crippen LogP contribution in [0.1, 0.15) is 0 Å². The van der Waals surface area contributed by atoms with Crippen LogP contribution < -0.4 is 10.6 Å². The number of aryl methyl sites for hydroxylation is 1. The standard InChI is InChI=1S/C5H12N6/c1-10(4-3-6)5-7-8-9-11(5)2/h3-4,6H2,1-2H3. The molecular weight excluding hydrogens is 144 g/mol. The maximum atomic E-state index is 5.37. The molecule has 1 rings (SSSR count). The van der Waals surface area contributed by atoms with Crippen LogP contribution in [0.4, 0.5) is 5.95 Å². The van der Waals surface area contributed by atoms with Crippen molar-refractivity contribution in [1.29, 1.82) is 0 Å². The first kappa shape index (κ1) is 7.93. The lowest BCUT2D eigenvalue weighted by atomic mass is 10.6. The fraction of sp³-hybridized carbons (Fsp3) is 0.800. The van der Waals surface area contributed by atoms with Gasteiger partial charge in [0, 0.05) is 27.2 Å². The third-order valence-corrected chi connectivity index (χ3v) is 1.40. The van der Waals surface area contributed by atoms with E-state index in [1.54, 1.807) is 11.7 Å². The van der Waals surface area contributed by atoms with Gasteiger partial charge in [-0.15, -0.1) is 0 Å². The van der Waals surface area contributed by atoms with Crippen molar-refractivity contribution < 1.29 is 0 Å². The third-order valence-electron chi connectivity index (χ3n) is 1.40. The average Bonchev–Trinajstić information content (AvgIpc) is 2.36. The summed E-state index contributed by atoms with van der Waals surface area (Å²) < 4.78 is 1.61. The zero-order valence-electron chi connectivity index (χ0n) is 6.73. The van der Waals surface area contributed by atoms with E-state index in [2.05, 4.69) is 15.5 Å². The molecule has 62 valence electrons. The van der Waals surface area contributed by atoms with Crippen LogP contribution >= 0.6 is 0 Å². The SMILES string of the molecule is CN(CCN)c1nnnn1C. The van der Waals surface area contributed by atoms with Gasteiger partial charge >= 0.3 is 0 Å². The van der Waals surface area contributed by atoms with E-state index in [4.69, 9.17) is 5.73 Å². The average molecular weight is 156 g/mol. The lowest BCUT2D eigenvalue weighted by Gasteiger charge is -2.14. The molecule has 0 bridgehead atoms. The minimum atomic E-state index is 0.601. The second-order valence-electron chi connectivity index (χ2n) is 2.31. The minimum absolute atomic E-state index is 0.601. The highest BCUT2D eigenvalue weighted by atomic mass is 15.6. The molecule has 0 spiro atoms. The third kappa shape index (κ3) is 1.64. The van der Waals surface area contributed by atoms with Gasteiger partial charge in [-0.3, -0.25) is 0 Å². The van der Waals surface area contributed by atoms with Gasteiger partial charge in [-0.1, -0.05) is 5.10 Å². The van der Waals surface area contributed by atoms with Gasteiger partial charge in [-0.25, -0.2) is 4.68 Å². The summed E-state index contributed by atoms with van der Waals surface area (Å²) in [5.41, 5.74) is 5.37. The molecule has 0 saturated heterocycles. The summed E-state index contributed by atoms with van der Waals surface area (Å²) in [5, 5.41) is 11.0. The minimum Gasteiger partial charge on any atom is -0.341 e. The lowest BCUT2D eigenvalue weighted by molar-refractivity contribution is 0.696. The molecule has 0 atom stereocenters. The Morgan fingerprint density at radius 2 is 2.36 bits per heavy atom. The smallest absolute Gasteiger partial charge is 0.245 e. The lowest BCUT2D eigenvalue weighted by Crippen LogP contribution is -2.27. The molecule has 0 amide bonds. The van der Waals surface area contributed by atoms with E-state index in [9.17, 15) is 0 Å². The van der Waals surface area contributed by atoms with Crippen molar-refractivity contribution in [2.24, 2.45) is 12.8 Å². The Kier molecular flexibility index (Phi) is 2.37. The number of hydrogen-bond donors (Lipinski definition) is 1. The maximum absolute atomic E-state index is 5.37. The molecule has 0 unspecified atom stereocenters. The Morgan fingerprint density at radius 3 is 2.82 bits per heavy atom. The predicted molar refractivity (Wildman–Crippen MR) is 41.1 cm³/mol. The molecule has 6 nitrogen and oxygen atoms in total. The first-order chi connectivity index (χ1) is 5.25. The summed E-state index contributed by atoms with van der Waals surface area (Å²) >= 11 is 0. The Morgan fingerprint density at radius 1 is 1.64 bits per heavy atom. The quantitative estimate of drug-likeness (QED) is 0.583. The van der Waals surface area contributed by atoms with E-state index < -0.39 is 0 Å². The molecule has 0 fully saturated rings. The van der Waals surface area contributed by atoms with Gasteiger partial charge in [-0.05, 0) is 10.4 Å². The van der Waals surface area contributed by atoms with E-state index in [1.807, 2.05) is 11.9 Å². The maximum Gasteiger partial charge on any atom is 0.245 e. The van der Waals surface area contributed by atoms with Gasteiger partial charge in [0.1, 0.15) is 0 Å². The molecule has 2 N–H and O–H groups in total. The zero-order valence-corrected chi connectivity index (χ0v) is 6.73. The van der Waals surface area contributed by atoms with E-state index >= 15 is 0 Å². The molecule has 0 saturated carbocycles. The summed E-state index contributed by atoms with van der Waals surface area (Å²) in [4.78, 5) is 1.90. The van der Waals surface area contributed by atoms with E-state index in [1.165, 1.54) is 0 Å². The van der Waals surface area contributed by atoms with Crippen molar-refractivity contribution in [3.05, 3.63) is 0 Å². The van der Waals surface area contributed by atoms with E-state index in [-0.39, 0.29) is 0 Å². The zero-order chi connectivity index (χ0) is 8.27.